The van der Waals surface area contributed by atoms with Crippen molar-refractivity contribution in [3.05, 3.63) is 42.2 Å². The van der Waals surface area contributed by atoms with E-state index in [9.17, 15) is 14.0 Å². The molecule has 2 heterocycles. The van der Waals surface area contributed by atoms with E-state index in [0.717, 1.165) is 0 Å². The van der Waals surface area contributed by atoms with Crippen molar-refractivity contribution >= 4 is 17.5 Å². The molecule has 0 saturated carbocycles. The molecule has 29 heavy (non-hydrogen) atoms. The van der Waals surface area contributed by atoms with Crippen molar-refractivity contribution in [2.75, 3.05) is 19.8 Å². The zero-order valence-electron chi connectivity index (χ0n) is 15.8. The van der Waals surface area contributed by atoms with Crippen molar-refractivity contribution in [1.29, 1.82) is 0 Å². The highest BCUT2D eigenvalue weighted by Gasteiger charge is 2.11. The molecule has 10 heteroatoms. The average Bonchev–Trinajstić information content (AvgIpc) is 3.13. The minimum absolute atomic E-state index is 0.0369. The van der Waals surface area contributed by atoms with Gasteiger partial charge in [-0.25, -0.2) is 4.39 Å². The Morgan fingerprint density at radius 1 is 1.17 bits per heavy atom. The van der Waals surface area contributed by atoms with Gasteiger partial charge in [0.2, 0.25) is 11.8 Å². The summed E-state index contributed by atoms with van der Waals surface area (Å²) in [5.41, 5.74) is 1.03. The highest BCUT2D eigenvalue weighted by Crippen LogP contribution is 2.19. The van der Waals surface area contributed by atoms with Gasteiger partial charge < -0.3 is 14.8 Å². The van der Waals surface area contributed by atoms with E-state index in [1.807, 2.05) is 0 Å². The molecule has 1 N–H and O–H groups in total. The second-order valence-corrected chi connectivity index (χ2v) is 5.98. The first kappa shape index (κ1) is 20.2. The van der Waals surface area contributed by atoms with E-state index in [2.05, 4.69) is 20.6 Å². The largest absolute Gasteiger partial charge is 0.475 e. The van der Waals surface area contributed by atoms with Crippen LogP contribution in [-0.2, 0) is 14.3 Å². The molecule has 0 fully saturated rings. The molecule has 0 atom stereocenters. The maximum Gasteiger partial charge on any atom is 0.306 e. The number of benzene rings is 1. The first-order valence-electron chi connectivity index (χ1n) is 9.10. The molecular formula is C19H20FN5O4. The quantitative estimate of drug-likeness (QED) is 0.430. The van der Waals surface area contributed by atoms with Crippen LogP contribution in [0.25, 0.3) is 17.0 Å². The molecule has 0 spiro atoms. The number of halogens is 1. The van der Waals surface area contributed by atoms with Crippen molar-refractivity contribution < 1.29 is 23.5 Å². The molecule has 0 aliphatic rings. The number of rotatable bonds is 9. The van der Waals surface area contributed by atoms with Gasteiger partial charge in [0.05, 0.1) is 19.6 Å². The van der Waals surface area contributed by atoms with Gasteiger partial charge in [-0.05, 0) is 25.1 Å². The van der Waals surface area contributed by atoms with E-state index in [1.54, 1.807) is 31.2 Å². The number of esters is 1. The summed E-state index contributed by atoms with van der Waals surface area (Å²) < 4.78 is 25.3. The van der Waals surface area contributed by atoms with Crippen LogP contribution >= 0.6 is 0 Å². The summed E-state index contributed by atoms with van der Waals surface area (Å²) in [6.45, 7) is 2.43. The zero-order chi connectivity index (χ0) is 20.6. The predicted octanol–water partition coefficient (Wildman–Crippen LogP) is 1.77. The molecule has 9 nitrogen and oxygen atoms in total. The number of carbonyl (C=O) groups excluding carboxylic acids is 2. The molecule has 0 saturated heterocycles. The third-order valence-corrected chi connectivity index (χ3v) is 3.86. The van der Waals surface area contributed by atoms with Gasteiger partial charge in [-0.1, -0.05) is 12.1 Å². The number of carbonyl (C=O) groups is 2. The van der Waals surface area contributed by atoms with Crippen molar-refractivity contribution in [1.82, 2.24) is 25.1 Å². The summed E-state index contributed by atoms with van der Waals surface area (Å²) in [6.07, 6.45) is 0.0932. The third kappa shape index (κ3) is 5.47. The predicted molar refractivity (Wildman–Crippen MR) is 101 cm³/mol. The molecule has 1 aromatic carbocycles. The molecule has 2 aromatic heterocycles. The number of fused-ring (bicyclic) bond motifs is 1. The second kappa shape index (κ2) is 9.58. The minimum Gasteiger partial charge on any atom is -0.475 e. The van der Waals surface area contributed by atoms with Gasteiger partial charge in [-0.15, -0.1) is 15.3 Å². The summed E-state index contributed by atoms with van der Waals surface area (Å²) in [6, 6.07) is 9.28. The van der Waals surface area contributed by atoms with E-state index in [4.69, 9.17) is 9.47 Å². The molecule has 3 aromatic rings. The average molecular weight is 401 g/mol. The Hall–Kier alpha value is -3.56. The summed E-state index contributed by atoms with van der Waals surface area (Å²) in [7, 11) is 0. The van der Waals surface area contributed by atoms with E-state index in [-0.39, 0.29) is 37.7 Å². The van der Waals surface area contributed by atoms with Gasteiger partial charge in [0.15, 0.2) is 11.5 Å². The fourth-order valence-corrected chi connectivity index (χ4v) is 2.54. The first-order chi connectivity index (χ1) is 14.1. The van der Waals surface area contributed by atoms with Crippen molar-refractivity contribution in [2.24, 2.45) is 0 Å². The van der Waals surface area contributed by atoms with Gasteiger partial charge in [0.25, 0.3) is 0 Å². The Kier molecular flexibility index (Phi) is 6.67. The highest BCUT2D eigenvalue weighted by molar-refractivity contribution is 5.81. The Labute approximate surface area is 165 Å². The fraction of sp³-hybridized carbons (Fsp3) is 0.316. The molecule has 0 bridgehead atoms. The summed E-state index contributed by atoms with van der Waals surface area (Å²) >= 11 is 0. The zero-order valence-corrected chi connectivity index (χ0v) is 15.8. The van der Waals surface area contributed by atoms with Crippen LogP contribution in [0, 0.1) is 5.82 Å². The van der Waals surface area contributed by atoms with Crippen LogP contribution in [0.3, 0.4) is 0 Å². The van der Waals surface area contributed by atoms with Crippen LogP contribution in [0.2, 0.25) is 0 Å². The number of aromatic nitrogens is 4. The molecule has 0 aliphatic heterocycles. The van der Waals surface area contributed by atoms with Gasteiger partial charge in [0, 0.05) is 18.1 Å². The lowest BCUT2D eigenvalue weighted by atomic mass is 10.2. The molecule has 152 valence electrons. The summed E-state index contributed by atoms with van der Waals surface area (Å²) in [5.74, 6) is -0.366. The maximum atomic E-state index is 13.5. The van der Waals surface area contributed by atoms with Crippen LogP contribution in [0.15, 0.2) is 36.4 Å². The first-order valence-corrected chi connectivity index (χ1v) is 9.10. The van der Waals surface area contributed by atoms with Crippen molar-refractivity contribution in [2.45, 2.75) is 19.8 Å². The van der Waals surface area contributed by atoms with Crippen LogP contribution in [-0.4, -0.2) is 51.4 Å². The topological polar surface area (TPSA) is 108 Å². The highest BCUT2D eigenvalue weighted by atomic mass is 19.1. The van der Waals surface area contributed by atoms with E-state index in [0.29, 0.717) is 29.5 Å². The van der Waals surface area contributed by atoms with Crippen LogP contribution in [0.4, 0.5) is 4.39 Å². The van der Waals surface area contributed by atoms with Crippen LogP contribution in [0.1, 0.15) is 19.8 Å². The van der Waals surface area contributed by atoms with Gasteiger partial charge in [0.1, 0.15) is 12.4 Å². The van der Waals surface area contributed by atoms with E-state index >= 15 is 0 Å². The molecule has 0 radical (unpaired) electrons. The third-order valence-electron chi connectivity index (χ3n) is 3.86. The Balaban J connectivity index is 1.54. The molecule has 0 aliphatic carbocycles. The number of amides is 1. The monoisotopic (exact) mass is 401 g/mol. The number of hydrogen-bond donors (Lipinski definition) is 1. The molecular weight excluding hydrogens is 381 g/mol. The van der Waals surface area contributed by atoms with Crippen LogP contribution in [0.5, 0.6) is 5.88 Å². The standard InChI is InChI=1S/C19H20FN5O4/c1-2-28-18(27)9-7-16(26)21-10-11-29-17-8-6-15-22-23-19(25(15)24-17)13-4-3-5-14(20)12-13/h3-6,8,12H,2,7,9-11H2,1H3,(H,21,26). The lowest BCUT2D eigenvalue weighted by Gasteiger charge is -2.08. The molecule has 1 amide bonds. The lowest BCUT2D eigenvalue weighted by Crippen LogP contribution is -2.28. The van der Waals surface area contributed by atoms with E-state index < -0.39 is 5.97 Å². The number of nitrogens with zero attached hydrogens (tertiary/aromatic N) is 4. The van der Waals surface area contributed by atoms with Crippen molar-refractivity contribution in [3.63, 3.8) is 0 Å². The summed E-state index contributed by atoms with van der Waals surface area (Å²) in [5, 5.41) is 15.0. The Morgan fingerprint density at radius 3 is 2.83 bits per heavy atom. The normalized spacial score (nSPS) is 10.7. The minimum atomic E-state index is -0.403. The lowest BCUT2D eigenvalue weighted by molar-refractivity contribution is -0.144. The van der Waals surface area contributed by atoms with E-state index in [1.165, 1.54) is 16.6 Å². The van der Waals surface area contributed by atoms with Gasteiger partial charge >= 0.3 is 5.97 Å². The fourth-order valence-electron chi connectivity index (χ4n) is 2.54. The number of hydrogen-bond acceptors (Lipinski definition) is 7. The van der Waals surface area contributed by atoms with Gasteiger partial charge in [-0.2, -0.15) is 4.52 Å². The van der Waals surface area contributed by atoms with Crippen LogP contribution < -0.4 is 10.1 Å². The smallest absolute Gasteiger partial charge is 0.306 e. The SMILES string of the molecule is CCOC(=O)CCC(=O)NCCOc1ccc2nnc(-c3cccc(F)c3)n2n1. The Morgan fingerprint density at radius 2 is 2.03 bits per heavy atom. The van der Waals surface area contributed by atoms with Gasteiger partial charge in [-0.3, -0.25) is 9.59 Å². The van der Waals surface area contributed by atoms with Crippen molar-refractivity contribution in [3.8, 4) is 17.3 Å². The number of ether oxygens (including phenoxy) is 2. The summed E-state index contributed by atoms with van der Waals surface area (Å²) in [4.78, 5) is 22.9. The molecule has 3 rings (SSSR count). The number of nitrogens with one attached hydrogen (secondary N) is 1. The molecule has 0 unspecified atom stereocenters. The maximum absolute atomic E-state index is 13.5. The Bertz CT molecular complexity index is 1010. The second-order valence-electron chi connectivity index (χ2n) is 5.98.